The van der Waals surface area contributed by atoms with E-state index in [0.717, 1.165) is 11.6 Å². The van der Waals surface area contributed by atoms with Crippen LogP contribution in [0.1, 0.15) is 33.5 Å². The van der Waals surface area contributed by atoms with Gasteiger partial charge in [0.2, 0.25) is 5.88 Å². The Morgan fingerprint density at radius 1 is 1.33 bits per heavy atom. The first kappa shape index (κ1) is 14.7. The summed E-state index contributed by atoms with van der Waals surface area (Å²) in [7, 11) is 3.48. The highest BCUT2D eigenvalue weighted by molar-refractivity contribution is 5.38. The smallest absolute Gasteiger partial charge is 0.219 e. The fourth-order valence-electron chi connectivity index (χ4n) is 1.42. The molecule has 0 saturated carbocycles. The number of hydrogen-bond donors (Lipinski definition) is 1. The molecule has 1 heterocycles. The van der Waals surface area contributed by atoms with Crippen LogP contribution in [0, 0.1) is 0 Å². The largest absolute Gasteiger partial charge is 0.472 e. The van der Waals surface area contributed by atoms with Crippen molar-refractivity contribution >= 4 is 5.82 Å². The second kappa shape index (κ2) is 6.00. The molecule has 0 radical (unpaired) electrons. The minimum atomic E-state index is -0.116. The third-order valence-corrected chi connectivity index (χ3v) is 2.35. The molecule has 0 aliphatic rings. The summed E-state index contributed by atoms with van der Waals surface area (Å²) in [6.45, 7) is 8.70. The maximum atomic E-state index is 5.72. The molecule has 102 valence electrons. The molecule has 18 heavy (non-hydrogen) atoms. The van der Waals surface area contributed by atoms with Gasteiger partial charge in [-0.15, -0.1) is 0 Å². The topological polar surface area (TPSA) is 56.3 Å². The molecule has 1 N–H and O–H groups in total. The molecule has 0 saturated heterocycles. The Bertz CT molecular complexity index is 388. The van der Waals surface area contributed by atoms with Gasteiger partial charge in [-0.05, 0) is 6.92 Å². The molecule has 0 aliphatic carbocycles. The standard InChI is InChI=1S/C13H23N3O2/c1-9(8-17-6)18-11-7-10(14-5)15-12(16-11)13(2,3)4/h7,9H,8H2,1-6H3,(H,14,15,16). The zero-order valence-corrected chi connectivity index (χ0v) is 12.1. The van der Waals surface area contributed by atoms with Crippen molar-refractivity contribution in [2.24, 2.45) is 0 Å². The number of hydrogen-bond acceptors (Lipinski definition) is 5. The number of anilines is 1. The van der Waals surface area contributed by atoms with Crippen LogP contribution < -0.4 is 10.1 Å². The minimum absolute atomic E-state index is 0.0394. The highest BCUT2D eigenvalue weighted by Gasteiger charge is 2.20. The summed E-state index contributed by atoms with van der Waals surface area (Å²) in [5.41, 5.74) is -0.116. The van der Waals surface area contributed by atoms with E-state index < -0.39 is 0 Å². The summed E-state index contributed by atoms with van der Waals surface area (Å²) in [6.07, 6.45) is -0.0394. The first-order chi connectivity index (χ1) is 8.36. The normalized spacial score (nSPS) is 13.2. The predicted octanol–water partition coefficient (Wildman–Crippen LogP) is 2.23. The number of aromatic nitrogens is 2. The van der Waals surface area contributed by atoms with Crippen LogP contribution in [0.3, 0.4) is 0 Å². The zero-order chi connectivity index (χ0) is 13.8. The number of nitrogens with one attached hydrogen (secondary N) is 1. The van der Waals surface area contributed by atoms with E-state index in [1.165, 1.54) is 0 Å². The molecule has 5 heteroatoms. The summed E-state index contributed by atoms with van der Waals surface area (Å²) >= 11 is 0. The van der Waals surface area contributed by atoms with Crippen LogP contribution in [0.2, 0.25) is 0 Å². The van der Waals surface area contributed by atoms with E-state index in [2.05, 4.69) is 36.1 Å². The van der Waals surface area contributed by atoms with Crippen molar-refractivity contribution in [2.45, 2.75) is 39.2 Å². The van der Waals surface area contributed by atoms with Gasteiger partial charge in [0.25, 0.3) is 0 Å². The van der Waals surface area contributed by atoms with Gasteiger partial charge in [0, 0.05) is 25.6 Å². The lowest BCUT2D eigenvalue weighted by atomic mass is 9.96. The second-order valence-electron chi connectivity index (χ2n) is 5.30. The van der Waals surface area contributed by atoms with Gasteiger partial charge in [0.15, 0.2) is 0 Å². The molecule has 0 bridgehead atoms. The van der Waals surface area contributed by atoms with Crippen molar-refractivity contribution in [1.82, 2.24) is 9.97 Å². The van der Waals surface area contributed by atoms with E-state index in [1.807, 2.05) is 14.0 Å². The van der Waals surface area contributed by atoms with Crippen LogP contribution >= 0.6 is 0 Å². The van der Waals surface area contributed by atoms with Crippen molar-refractivity contribution in [3.8, 4) is 5.88 Å². The van der Waals surface area contributed by atoms with E-state index in [9.17, 15) is 0 Å². The second-order valence-corrected chi connectivity index (χ2v) is 5.30. The van der Waals surface area contributed by atoms with Gasteiger partial charge in [-0.3, -0.25) is 0 Å². The van der Waals surface area contributed by atoms with Crippen molar-refractivity contribution in [1.29, 1.82) is 0 Å². The van der Waals surface area contributed by atoms with Crippen molar-refractivity contribution in [3.63, 3.8) is 0 Å². The number of rotatable bonds is 5. The Balaban J connectivity index is 2.97. The lowest BCUT2D eigenvalue weighted by Gasteiger charge is -2.20. The average molecular weight is 253 g/mol. The van der Waals surface area contributed by atoms with Gasteiger partial charge in [-0.1, -0.05) is 20.8 Å². The molecule has 0 fully saturated rings. The van der Waals surface area contributed by atoms with Crippen molar-refractivity contribution in [2.75, 3.05) is 26.1 Å². The Morgan fingerprint density at radius 3 is 2.50 bits per heavy atom. The summed E-state index contributed by atoms with van der Waals surface area (Å²) in [5, 5.41) is 3.02. The van der Waals surface area contributed by atoms with Crippen LogP contribution in [0.15, 0.2) is 6.07 Å². The van der Waals surface area contributed by atoms with Crippen LogP contribution in [0.4, 0.5) is 5.82 Å². The minimum Gasteiger partial charge on any atom is -0.472 e. The van der Waals surface area contributed by atoms with Gasteiger partial charge in [-0.2, -0.15) is 4.98 Å². The Hall–Kier alpha value is -1.36. The number of nitrogens with zero attached hydrogens (tertiary/aromatic N) is 2. The summed E-state index contributed by atoms with van der Waals surface area (Å²) < 4.78 is 10.8. The van der Waals surface area contributed by atoms with E-state index in [4.69, 9.17) is 9.47 Å². The molecule has 0 spiro atoms. The van der Waals surface area contributed by atoms with E-state index in [0.29, 0.717) is 12.5 Å². The maximum Gasteiger partial charge on any atom is 0.219 e. The molecule has 1 unspecified atom stereocenters. The number of methoxy groups -OCH3 is 1. The molecule has 0 amide bonds. The maximum absolute atomic E-state index is 5.72. The number of ether oxygens (including phenoxy) is 2. The fraction of sp³-hybridized carbons (Fsp3) is 0.692. The molecule has 1 rings (SSSR count). The van der Waals surface area contributed by atoms with Crippen LogP contribution in [0.25, 0.3) is 0 Å². The van der Waals surface area contributed by atoms with Gasteiger partial charge in [0.05, 0.1) is 6.61 Å². The third-order valence-electron chi connectivity index (χ3n) is 2.35. The lowest BCUT2D eigenvalue weighted by molar-refractivity contribution is 0.0886. The first-order valence-electron chi connectivity index (χ1n) is 6.09. The van der Waals surface area contributed by atoms with Crippen LogP contribution in [-0.4, -0.2) is 36.8 Å². The Morgan fingerprint density at radius 2 is 2.00 bits per heavy atom. The predicted molar refractivity (Wildman–Crippen MR) is 72.2 cm³/mol. The molecular weight excluding hydrogens is 230 g/mol. The van der Waals surface area contributed by atoms with Crippen LogP contribution in [-0.2, 0) is 10.2 Å². The Kier molecular flexibility index (Phi) is 4.90. The Labute approximate surface area is 109 Å². The molecule has 0 aromatic carbocycles. The molecule has 1 aromatic rings. The van der Waals surface area contributed by atoms with E-state index in [-0.39, 0.29) is 11.5 Å². The van der Waals surface area contributed by atoms with Crippen molar-refractivity contribution in [3.05, 3.63) is 11.9 Å². The summed E-state index contributed by atoms with van der Waals surface area (Å²) in [6, 6.07) is 1.79. The van der Waals surface area contributed by atoms with Gasteiger partial charge in [-0.25, -0.2) is 4.98 Å². The fourth-order valence-corrected chi connectivity index (χ4v) is 1.42. The molecule has 0 aliphatic heterocycles. The van der Waals surface area contributed by atoms with Crippen LogP contribution in [0.5, 0.6) is 5.88 Å². The van der Waals surface area contributed by atoms with Gasteiger partial charge >= 0.3 is 0 Å². The third kappa shape index (κ3) is 4.14. The van der Waals surface area contributed by atoms with Gasteiger partial charge < -0.3 is 14.8 Å². The molecule has 1 atom stereocenters. The van der Waals surface area contributed by atoms with E-state index >= 15 is 0 Å². The molecule has 5 nitrogen and oxygen atoms in total. The average Bonchev–Trinajstić information content (AvgIpc) is 2.27. The molecular formula is C13H23N3O2. The van der Waals surface area contributed by atoms with Crippen molar-refractivity contribution < 1.29 is 9.47 Å². The summed E-state index contributed by atoms with van der Waals surface area (Å²) in [4.78, 5) is 8.89. The monoisotopic (exact) mass is 253 g/mol. The SMILES string of the molecule is CNc1cc(OC(C)COC)nc(C(C)(C)C)n1. The molecule has 1 aromatic heterocycles. The quantitative estimate of drug-likeness (QED) is 0.872. The zero-order valence-electron chi connectivity index (χ0n) is 12.1. The van der Waals surface area contributed by atoms with E-state index in [1.54, 1.807) is 13.2 Å². The summed E-state index contributed by atoms with van der Waals surface area (Å²) in [5.74, 6) is 2.09. The first-order valence-corrected chi connectivity index (χ1v) is 6.09. The van der Waals surface area contributed by atoms with Gasteiger partial charge in [0.1, 0.15) is 17.7 Å². The highest BCUT2D eigenvalue weighted by atomic mass is 16.5. The lowest BCUT2D eigenvalue weighted by Crippen LogP contribution is -2.21. The highest BCUT2D eigenvalue weighted by Crippen LogP contribution is 2.23.